The van der Waals surface area contributed by atoms with E-state index in [2.05, 4.69) is 36.1 Å². The minimum atomic E-state index is 0.720. The third kappa shape index (κ3) is 1.35. The van der Waals surface area contributed by atoms with Gasteiger partial charge in [-0.05, 0) is 28.1 Å². The van der Waals surface area contributed by atoms with Crippen molar-refractivity contribution in [3.05, 3.63) is 29.1 Å². The van der Waals surface area contributed by atoms with Gasteiger partial charge in [0, 0.05) is 12.4 Å². The molecule has 0 aliphatic heterocycles. The normalized spacial score (nSPS) is 10.1. The van der Waals surface area contributed by atoms with Crippen LogP contribution in [0.4, 0.5) is 0 Å². The van der Waals surface area contributed by atoms with Crippen molar-refractivity contribution in [1.82, 2.24) is 20.2 Å². The van der Waals surface area contributed by atoms with E-state index in [9.17, 15) is 0 Å². The SMILES string of the molecule is Brc1ccc(-c2ncc[nH]2)nn1. The summed E-state index contributed by atoms with van der Waals surface area (Å²) in [6.45, 7) is 0. The lowest BCUT2D eigenvalue weighted by molar-refractivity contribution is 0.999. The summed E-state index contributed by atoms with van der Waals surface area (Å²) in [6.07, 6.45) is 3.43. The Bertz CT molecular complexity index is 353. The Morgan fingerprint density at radius 3 is 2.75 bits per heavy atom. The van der Waals surface area contributed by atoms with E-state index < -0.39 is 0 Å². The summed E-state index contributed by atoms with van der Waals surface area (Å²) in [6, 6.07) is 3.67. The Balaban J connectivity index is 2.43. The first-order valence-corrected chi connectivity index (χ1v) is 4.14. The second-order valence-corrected chi connectivity index (χ2v) is 2.99. The molecule has 0 bridgehead atoms. The third-order valence-corrected chi connectivity index (χ3v) is 1.80. The molecule has 60 valence electrons. The highest BCUT2D eigenvalue weighted by molar-refractivity contribution is 9.10. The van der Waals surface area contributed by atoms with Gasteiger partial charge >= 0.3 is 0 Å². The highest BCUT2D eigenvalue weighted by atomic mass is 79.9. The first-order chi connectivity index (χ1) is 5.86. The van der Waals surface area contributed by atoms with Gasteiger partial charge in [-0.2, -0.15) is 0 Å². The predicted molar refractivity (Wildman–Crippen MR) is 47.3 cm³/mol. The minimum Gasteiger partial charge on any atom is -0.343 e. The molecule has 0 amide bonds. The molecule has 0 saturated carbocycles. The van der Waals surface area contributed by atoms with Crippen molar-refractivity contribution in [3.63, 3.8) is 0 Å². The van der Waals surface area contributed by atoms with Gasteiger partial charge in [-0.25, -0.2) is 4.98 Å². The van der Waals surface area contributed by atoms with Gasteiger partial charge in [0.15, 0.2) is 5.82 Å². The number of aromatic nitrogens is 4. The van der Waals surface area contributed by atoms with E-state index in [1.54, 1.807) is 12.4 Å². The monoisotopic (exact) mass is 224 g/mol. The fourth-order valence-corrected chi connectivity index (χ4v) is 1.06. The van der Waals surface area contributed by atoms with E-state index in [-0.39, 0.29) is 0 Å². The Morgan fingerprint density at radius 1 is 1.25 bits per heavy atom. The Hall–Kier alpha value is -1.23. The van der Waals surface area contributed by atoms with Crippen molar-refractivity contribution in [2.75, 3.05) is 0 Å². The molecule has 4 nitrogen and oxygen atoms in total. The van der Waals surface area contributed by atoms with Crippen molar-refractivity contribution in [2.45, 2.75) is 0 Å². The minimum absolute atomic E-state index is 0.720. The number of aromatic amines is 1. The average molecular weight is 225 g/mol. The number of imidazole rings is 1. The molecule has 0 spiro atoms. The van der Waals surface area contributed by atoms with Crippen LogP contribution in [-0.2, 0) is 0 Å². The molecule has 0 aromatic carbocycles. The molecule has 0 unspecified atom stereocenters. The fraction of sp³-hybridized carbons (Fsp3) is 0. The van der Waals surface area contributed by atoms with Gasteiger partial charge in [-0.15, -0.1) is 10.2 Å². The summed E-state index contributed by atoms with van der Waals surface area (Å²) in [5, 5.41) is 7.77. The molecule has 5 heteroatoms. The molecule has 2 aromatic heterocycles. The largest absolute Gasteiger partial charge is 0.343 e. The van der Waals surface area contributed by atoms with Crippen LogP contribution in [0.5, 0.6) is 0 Å². The van der Waals surface area contributed by atoms with E-state index in [4.69, 9.17) is 0 Å². The smallest absolute Gasteiger partial charge is 0.157 e. The maximum atomic E-state index is 4.04. The van der Waals surface area contributed by atoms with Crippen LogP contribution in [0.2, 0.25) is 0 Å². The molecule has 0 aliphatic rings. The standard InChI is InChI=1S/C7H5BrN4/c8-6-2-1-5(11-12-6)7-9-3-4-10-7/h1-4H,(H,9,10). The average Bonchev–Trinajstić information content (AvgIpc) is 2.58. The number of halogens is 1. The maximum Gasteiger partial charge on any atom is 0.157 e. The fourth-order valence-electron chi connectivity index (χ4n) is 0.848. The molecule has 0 atom stereocenters. The zero-order chi connectivity index (χ0) is 8.39. The summed E-state index contributed by atoms with van der Waals surface area (Å²) in [5.74, 6) is 0.731. The quantitative estimate of drug-likeness (QED) is 0.802. The number of hydrogen-bond donors (Lipinski definition) is 1. The van der Waals surface area contributed by atoms with Crippen LogP contribution in [0.1, 0.15) is 0 Å². The molecular formula is C7H5BrN4. The zero-order valence-electron chi connectivity index (χ0n) is 6.03. The van der Waals surface area contributed by atoms with Crippen molar-refractivity contribution in [3.8, 4) is 11.5 Å². The maximum absolute atomic E-state index is 4.04. The Labute approximate surface area is 77.2 Å². The second-order valence-electron chi connectivity index (χ2n) is 2.18. The summed E-state index contributed by atoms with van der Waals surface area (Å²) >= 11 is 3.20. The van der Waals surface area contributed by atoms with Crippen LogP contribution in [0.25, 0.3) is 11.5 Å². The van der Waals surface area contributed by atoms with Gasteiger partial charge in [0.05, 0.1) is 0 Å². The topological polar surface area (TPSA) is 54.5 Å². The van der Waals surface area contributed by atoms with Crippen molar-refractivity contribution in [2.24, 2.45) is 0 Å². The highest BCUT2D eigenvalue weighted by Crippen LogP contribution is 2.11. The van der Waals surface area contributed by atoms with Crippen LogP contribution >= 0.6 is 15.9 Å². The van der Waals surface area contributed by atoms with Gasteiger partial charge in [0.2, 0.25) is 0 Å². The van der Waals surface area contributed by atoms with Gasteiger partial charge in [-0.1, -0.05) is 0 Å². The lowest BCUT2D eigenvalue weighted by Gasteiger charge is -1.92. The highest BCUT2D eigenvalue weighted by Gasteiger charge is 2.00. The predicted octanol–water partition coefficient (Wildman–Crippen LogP) is 1.63. The van der Waals surface area contributed by atoms with E-state index in [1.165, 1.54) is 0 Å². The van der Waals surface area contributed by atoms with Gasteiger partial charge in [0.1, 0.15) is 10.3 Å². The van der Waals surface area contributed by atoms with E-state index in [0.717, 1.165) is 16.1 Å². The van der Waals surface area contributed by atoms with Crippen LogP contribution in [0, 0.1) is 0 Å². The molecule has 12 heavy (non-hydrogen) atoms. The number of H-pyrrole nitrogens is 1. The van der Waals surface area contributed by atoms with Crippen LogP contribution in [-0.4, -0.2) is 20.2 Å². The molecule has 2 rings (SSSR count). The second kappa shape index (κ2) is 3.02. The lowest BCUT2D eigenvalue weighted by atomic mass is 10.4. The van der Waals surface area contributed by atoms with Gasteiger partial charge in [0.25, 0.3) is 0 Å². The van der Waals surface area contributed by atoms with Crippen LogP contribution < -0.4 is 0 Å². The van der Waals surface area contributed by atoms with Crippen molar-refractivity contribution >= 4 is 15.9 Å². The van der Waals surface area contributed by atoms with E-state index in [0.29, 0.717) is 0 Å². The summed E-state index contributed by atoms with van der Waals surface area (Å²) in [4.78, 5) is 6.99. The summed E-state index contributed by atoms with van der Waals surface area (Å²) < 4.78 is 0.720. The third-order valence-electron chi connectivity index (χ3n) is 1.37. The Kier molecular flexibility index (Phi) is 1.87. The van der Waals surface area contributed by atoms with E-state index >= 15 is 0 Å². The van der Waals surface area contributed by atoms with Gasteiger partial charge in [-0.3, -0.25) is 0 Å². The summed E-state index contributed by atoms with van der Waals surface area (Å²) in [5.41, 5.74) is 0.739. The van der Waals surface area contributed by atoms with Crippen molar-refractivity contribution < 1.29 is 0 Å². The number of rotatable bonds is 1. The molecular weight excluding hydrogens is 220 g/mol. The first-order valence-electron chi connectivity index (χ1n) is 3.35. The zero-order valence-corrected chi connectivity index (χ0v) is 7.62. The number of nitrogens with zero attached hydrogens (tertiary/aromatic N) is 3. The molecule has 0 saturated heterocycles. The molecule has 0 aliphatic carbocycles. The molecule has 2 heterocycles. The molecule has 1 N–H and O–H groups in total. The molecule has 0 fully saturated rings. The van der Waals surface area contributed by atoms with Gasteiger partial charge < -0.3 is 4.98 Å². The first kappa shape index (κ1) is 7.42. The van der Waals surface area contributed by atoms with E-state index in [1.807, 2.05) is 12.1 Å². The Morgan fingerprint density at radius 2 is 2.17 bits per heavy atom. The summed E-state index contributed by atoms with van der Waals surface area (Å²) in [7, 11) is 0. The lowest BCUT2D eigenvalue weighted by Crippen LogP contribution is -1.88. The van der Waals surface area contributed by atoms with Crippen molar-refractivity contribution in [1.29, 1.82) is 0 Å². The van der Waals surface area contributed by atoms with Crippen LogP contribution in [0.3, 0.4) is 0 Å². The van der Waals surface area contributed by atoms with Crippen LogP contribution in [0.15, 0.2) is 29.1 Å². The number of hydrogen-bond acceptors (Lipinski definition) is 3. The number of nitrogens with one attached hydrogen (secondary N) is 1. The molecule has 0 radical (unpaired) electrons. The molecule has 2 aromatic rings.